The fourth-order valence-corrected chi connectivity index (χ4v) is 4.73. The molecule has 0 aromatic carbocycles. The van der Waals surface area contributed by atoms with Crippen LogP contribution in [0.25, 0.3) is 0 Å². The van der Waals surface area contributed by atoms with Crippen molar-refractivity contribution in [3.05, 3.63) is 52.0 Å². The molecule has 3 heterocycles. The van der Waals surface area contributed by atoms with E-state index in [9.17, 15) is 0 Å². The maximum atomic E-state index is 6.32. The molecule has 2 fully saturated rings. The summed E-state index contributed by atoms with van der Waals surface area (Å²) in [6.45, 7) is 5.65. The predicted octanol–water partition coefficient (Wildman–Crippen LogP) is 3.40. The lowest BCUT2D eigenvalue weighted by Gasteiger charge is -2.31. The molecule has 0 spiro atoms. The summed E-state index contributed by atoms with van der Waals surface area (Å²) >= 11 is 1.86. The van der Waals surface area contributed by atoms with Crippen LogP contribution in [0.2, 0.25) is 0 Å². The van der Waals surface area contributed by atoms with E-state index in [0.717, 1.165) is 32.5 Å². The molecule has 0 N–H and O–H groups in total. The van der Waals surface area contributed by atoms with Crippen molar-refractivity contribution in [2.24, 2.45) is 0 Å². The lowest BCUT2D eigenvalue weighted by molar-refractivity contribution is -0.0613. The molecule has 1 saturated carbocycles. The van der Waals surface area contributed by atoms with Gasteiger partial charge in [-0.15, -0.1) is 11.3 Å². The third kappa shape index (κ3) is 3.40. The largest absolute Gasteiger partial charge is 0.374 e. The number of thiophene rings is 1. The first kappa shape index (κ1) is 16.2. The molecule has 2 aromatic heterocycles. The maximum Gasteiger partial charge on any atom is 0.0995 e. The monoisotopic (exact) mass is 344 g/mol. The number of hydrogen-bond donors (Lipinski definition) is 0. The van der Waals surface area contributed by atoms with Gasteiger partial charge in [-0.25, -0.2) is 0 Å². The van der Waals surface area contributed by atoms with E-state index in [1.54, 1.807) is 0 Å². The van der Waals surface area contributed by atoms with Crippen LogP contribution in [0, 0.1) is 6.92 Å². The Labute approximate surface area is 147 Å². The molecule has 1 aliphatic heterocycles. The Morgan fingerprint density at radius 3 is 2.96 bits per heavy atom. The molecule has 2 aromatic rings. The minimum Gasteiger partial charge on any atom is -0.374 e. The van der Waals surface area contributed by atoms with E-state index in [1.807, 2.05) is 35.9 Å². The summed E-state index contributed by atoms with van der Waals surface area (Å²) in [7, 11) is 0. The summed E-state index contributed by atoms with van der Waals surface area (Å²) in [6.07, 6.45) is 6.32. The lowest BCUT2D eigenvalue weighted by atomic mass is 10.1. The van der Waals surface area contributed by atoms with Crippen LogP contribution in [-0.2, 0) is 22.6 Å². The molecule has 4 nitrogen and oxygen atoms in total. The molecule has 1 aliphatic carbocycles. The highest BCUT2D eigenvalue weighted by Crippen LogP contribution is 2.34. The molecule has 1 saturated heterocycles. The fraction of sp³-hybridized carbons (Fsp3) is 0.526. The molecule has 5 heteroatoms. The van der Waals surface area contributed by atoms with E-state index >= 15 is 0 Å². The van der Waals surface area contributed by atoms with E-state index in [2.05, 4.69) is 28.3 Å². The van der Waals surface area contributed by atoms with Crippen LogP contribution in [0.4, 0.5) is 0 Å². The third-order valence-corrected chi connectivity index (χ3v) is 6.19. The Kier molecular flexibility index (Phi) is 4.94. The Bertz CT molecular complexity index is 660. The van der Waals surface area contributed by atoms with Crippen molar-refractivity contribution in [1.29, 1.82) is 0 Å². The number of hydrogen-bond acceptors (Lipinski definition) is 5. The van der Waals surface area contributed by atoms with Gasteiger partial charge < -0.3 is 9.47 Å². The van der Waals surface area contributed by atoms with Gasteiger partial charge in [0.25, 0.3) is 0 Å². The van der Waals surface area contributed by atoms with E-state index in [-0.39, 0.29) is 12.2 Å². The standard InChI is InChI=1S/C19H24N2O2S/c1-14-6-11-24-18(14)12-21-9-10-22-17-3-2-16(21)19(17)23-13-15-4-7-20-8-5-15/h4-8,11,16-17,19H,2-3,9-10,12-13H2,1H3. The lowest BCUT2D eigenvalue weighted by Crippen LogP contribution is -2.42. The number of rotatable bonds is 5. The van der Waals surface area contributed by atoms with Gasteiger partial charge in [-0.2, -0.15) is 0 Å². The highest BCUT2D eigenvalue weighted by Gasteiger charge is 2.43. The second-order valence-electron chi connectivity index (χ2n) is 6.68. The molecule has 128 valence electrons. The summed E-state index contributed by atoms with van der Waals surface area (Å²) in [5.74, 6) is 0. The summed E-state index contributed by atoms with van der Waals surface area (Å²) in [5, 5.41) is 2.19. The van der Waals surface area contributed by atoms with Crippen LogP contribution >= 0.6 is 11.3 Å². The van der Waals surface area contributed by atoms with Gasteiger partial charge in [0.1, 0.15) is 0 Å². The second-order valence-corrected chi connectivity index (χ2v) is 7.68. The first-order chi connectivity index (χ1) is 11.8. The highest BCUT2D eigenvalue weighted by atomic mass is 32.1. The zero-order chi connectivity index (χ0) is 16.4. The number of aromatic nitrogens is 1. The van der Waals surface area contributed by atoms with Crippen LogP contribution in [0.3, 0.4) is 0 Å². The second kappa shape index (κ2) is 7.31. The molecule has 0 amide bonds. The van der Waals surface area contributed by atoms with Crippen LogP contribution < -0.4 is 0 Å². The molecule has 24 heavy (non-hydrogen) atoms. The minimum atomic E-state index is 0.168. The van der Waals surface area contributed by atoms with Crippen molar-refractivity contribution >= 4 is 11.3 Å². The molecule has 3 unspecified atom stereocenters. The van der Waals surface area contributed by atoms with Crippen LogP contribution in [0.1, 0.15) is 28.8 Å². The smallest absolute Gasteiger partial charge is 0.0995 e. The van der Waals surface area contributed by atoms with Gasteiger partial charge in [0, 0.05) is 36.4 Å². The van der Waals surface area contributed by atoms with Gasteiger partial charge in [-0.1, -0.05) is 0 Å². The maximum absolute atomic E-state index is 6.32. The molecular weight excluding hydrogens is 320 g/mol. The van der Waals surface area contributed by atoms with Gasteiger partial charge >= 0.3 is 0 Å². The summed E-state index contributed by atoms with van der Waals surface area (Å²) < 4.78 is 12.4. The minimum absolute atomic E-state index is 0.168. The van der Waals surface area contributed by atoms with Gasteiger partial charge in [-0.05, 0) is 54.5 Å². The average Bonchev–Trinajstić information content (AvgIpc) is 3.13. The molecule has 2 bridgehead atoms. The molecular formula is C19H24N2O2S. The Morgan fingerprint density at radius 1 is 1.29 bits per heavy atom. The zero-order valence-electron chi connectivity index (χ0n) is 14.1. The van der Waals surface area contributed by atoms with Gasteiger partial charge in [0.15, 0.2) is 0 Å². The van der Waals surface area contributed by atoms with E-state index in [1.165, 1.54) is 16.0 Å². The summed E-state index contributed by atoms with van der Waals surface area (Å²) in [4.78, 5) is 8.11. The van der Waals surface area contributed by atoms with Crippen LogP contribution in [0.5, 0.6) is 0 Å². The summed E-state index contributed by atoms with van der Waals surface area (Å²) in [5.41, 5.74) is 2.57. The Hall–Kier alpha value is -1.27. The normalized spacial score (nSPS) is 27.3. The average molecular weight is 344 g/mol. The Balaban J connectivity index is 1.46. The van der Waals surface area contributed by atoms with Crippen LogP contribution in [0.15, 0.2) is 36.0 Å². The van der Waals surface area contributed by atoms with Crippen molar-refractivity contribution in [2.45, 2.75) is 51.2 Å². The van der Waals surface area contributed by atoms with E-state index in [4.69, 9.17) is 9.47 Å². The quantitative estimate of drug-likeness (QED) is 0.833. The summed E-state index contributed by atoms with van der Waals surface area (Å²) in [6, 6.07) is 6.71. The number of fused-ring (bicyclic) bond motifs is 2. The first-order valence-electron chi connectivity index (χ1n) is 8.70. The van der Waals surface area contributed by atoms with Crippen molar-refractivity contribution in [1.82, 2.24) is 9.88 Å². The SMILES string of the molecule is Cc1ccsc1CN1CCOC2CCC1C2OCc1ccncc1. The van der Waals surface area contributed by atoms with Crippen molar-refractivity contribution in [3.63, 3.8) is 0 Å². The van der Waals surface area contributed by atoms with Gasteiger partial charge in [-0.3, -0.25) is 9.88 Å². The molecule has 3 atom stereocenters. The van der Waals surface area contributed by atoms with Crippen molar-refractivity contribution in [2.75, 3.05) is 13.2 Å². The first-order valence-corrected chi connectivity index (χ1v) is 9.58. The molecule has 4 rings (SSSR count). The number of ether oxygens (including phenoxy) is 2. The van der Waals surface area contributed by atoms with Gasteiger partial charge in [0.05, 0.1) is 25.4 Å². The predicted molar refractivity (Wildman–Crippen MR) is 95.0 cm³/mol. The zero-order valence-corrected chi connectivity index (χ0v) is 14.9. The van der Waals surface area contributed by atoms with E-state index in [0.29, 0.717) is 12.6 Å². The number of pyridine rings is 1. The third-order valence-electron chi connectivity index (χ3n) is 5.18. The van der Waals surface area contributed by atoms with Crippen LogP contribution in [-0.4, -0.2) is 41.3 Å². The highest BCUT2D eigenvalue weighted by molar-refractivity contribution is 7.10. The van der Waals surface area contributed by atoms with Crippen molar-refractivity contribution < 1.29 is 9.47 Å². The molecule has 2 aliphatic rings. The fourth-order valence-electron chi connectivity index (χ4n) is 3.80. The van der Waals surface area contributed by atoms with Crippen molar-refractivity contribution in [3.8, 4) is 0 Å². The number of nitrogens with zero attached hydrogens (tertiary/aromatic N) is 2. The Morgan fingerprint density at radius 2 is 2.17 bits per heavy atom. The number of aryl methyl sites for hydroxylation is 1. The van der Waals surface area contributed by atoms with Gasteiger partial charge in [0.2, 0.25) is 0 Å². The molecule has 0 radical (unpaired) electrons. The topological polar surface area (TPSA) is 34.6 Å². The van der Waals surface area contributed by atoms with E-state index < -0.39 is 0 Å².